The lowest BCUT2D eigenvalue weighted by Gasteiger charge is -2.33. The van der Waals surface area contributed by atoms with E-state index in [1.54, 1.807) is 11.0 Å². The van der Waals surface area contributed by atoms with Crippen molar-refractivity contribution < 1.29 is 9.59 Å². The van der Waals surface area contributed by atoms with E-state index >= 15 is 0 Å². The molecule has 2 N–H and O–H groups in total. The van der Waals surface area contributed by atoms with Gasteiger partial charge in [0.2, 0.25) is 5.91 Å². The van der Waals surface area contributed by atoms with Gasteiger partial charge in [0.1, 0.15) is 12.7 Å². The van der Waals surface area contributed by atoms with Crippen LogP contribution in [0.15, 0.2) is 12.7 Å². The van der Waals surface area contributed by atoms with Crippen molar-refractivity contribution in [3.05, 3.63) is 12.7 Å². The van der Waals surface area contributed by atoms with Gasteiger partial charge in [0, 0.05) is 31.6 Å². The number of hydrogen-bond acceptors (Lipinski definition) is 4. The smallest absolute Gasteiger partial charge is 0.315 e. The molecule has 8 heteroatoms. The lowest BCUT2D eigenvalue weighted by atomic mass is 9.96. The van der Waals surface area contributed by atoms with E-state index in [0.717, 1.165) is 25.7 Å². The van der Waals surface area contributed by atoms with Crippen LogP contribution < -0.4 is 10.6 Å². The van der Waals surface area contributed by atoms with Crippen molar-refractivity contribution in [1.82, 2.24) is 30.3 Å². The molecule has 0 unspecified atom stereocenters. The maximum Gasteiger partial charge on any atom is 0.315 e. The first kappa shape index (κ1) is 17.7. The number of aryl methyl sites for hydroxylation is 1. The van der Waals surface area contributed by atoms with Gasteiger partial charge < -0.3 is 15.5 Å². The summed E-state index contributed by atoms with van der Waals surface area (Å²) in [6.07, 6.45) is 11.0. The number of carbonyl (C=O) groups excluding carboxylic acids is 2. The van der Waals surface area contributed by atoms with Crippen LogP contribution >= 0.6 is 0 Å². The minimum absolute atomic E-state index is 0.0529. The summed E-state index contributed by atoms with van der Waals surface area (Å²) in [6, 6.07) is 0.429. The van der Waals surface area contributed by atoms with Crippen LogP contribution in [0.5, 0.6) is 0 Å². The number of urea groups is 1. The van der Waals surface area contributed by atoms with Gasteiger partial charge in [0.15, 0.2) is 0 Å². The van der Waals surface area contributed by atoms with Crippen molar-refractivity contribution in [2.75, 3.05) is 13.1 Å². The van der Waals surface area contributed by atoms with E-state index in [-0.39, 0.29) is 18.0 Å². The van der Waals surface area contributed by atoms with Gasteiger partial charge in [-0.3, -0.25) is 9.48 Å². The molecular weight excluding hydrogens is 320 g/mol. The Bertz CT molecular complexity index is 547. The van der Waals surface area contributed by atoms with Gasteiger partial charge in [-0.15, -0.1) is 0 Å². The fourth-order valence-corrected chi connectivity index (χ4v) is 3.65. The molecule has 2 aliphatic rings. The molecule has 0 atom stereocenters. The van der Waals surface area contributed by atoms with Crippen LogP contribution in [0.4, 0.5) is 4.79 Å². The number of carbonyl (C=O) groups is 2. The minimum Gasteiger partial charge on any atom is -0.342 e. The highest BCUT2D eigenvalue weighted by atomic mass is 16.2. The summed E-state index contributed by atoms with van der Waals surface area (Å²) in [5.74, 6) is 0.139. The first-order valence-electron chi connectivity index (χ1n) is 9.38. The molecule has 1 saturated carbocycles. The number of piperidine rings is 1. The predicted octanol–water partition coefficient (Wildman–Crippen LogP) is 1.29. The molecule has 25 heavy (non-hydrogen) atoms. The third kappa shape index (κ3) is 5.44. The molecule has 3 amide bonds. The molecule has 0 bridgehead atoms. The molecule has 2 fully saturated rings. The number of nitrogens with zero attached hydrogens (tertiary/aromatic N) is 4. The number of aromatic nitrogens is 3. The van der Waals surface area contributed by atoms with E-state index in [9.17, 15) is 9.59 Å². The van der Waals surface area contributed by atoms with Crippen molar-refractivity contribution in [2.45, 2.75) is 70.0 Å². The zero-order valence-electron chi connectivity index (χ0n) is 14.7. The van der Waals surface area contributed by atoms with Crippen molar-refractivity contribution in [3.8, 4) is 0 Å². The number of likely N-dealkylation sites (tertiary alicyclic amines) is 1. The Morgan fingerprint density at radius 1 is 1.00 bits per heavy atom. The van der Waals surface area contributed by atoms with Crippen LogP contribution in [0.1, 0.15) is 51.4 Å². The predicted molar refractivity (Wildman–Crippen MR) is 92.8 cm³/mol. The Hall–Kier alpha value is -2.12. The highest BCUT2D eigenvalue weighted by Crippen LogP contribution is 2.17. The zero-order valence-corrected chi connectivity index (χ0v) is 14.7. The summed E-state index contributed by atoms with van der Waals surface area (Å²) < 4.78 is 1.67. The van der Waals surface area contributed by atoms with E-state index in [4.69, 9.17) is 0 Å². The molecule has 138 valence electrons. The molecule has 3 rings (SSSR count). The molecule has 1 aromatic heterocycles. The Morgan fingerprint density at radius 3 is 2.32 bits per heavy atom. The van der Waals surface area contributed by atoms with Gasteiger partial charge in [0.25, 0.3) is 0 Å². The quantitative estimate of drug-likeness (QED) is 0.839. The van der Waals surface area contributed by atoms with Crippen LogP contribution in [0, 0.1) is 0 Å². The molecule has 0 radical (unpaired) electrons. The number of hydrogen-bond donors (Lipinski definition) is 2. The summed E-state index contributed by atoms with van der Waals surface area (Å²) in [7, 11) is 0. The van der Waals surface area contributed by atoms with Gasteiger partial charge in [-0.1, -0.05) is 19.3 Å². The third-order valence-corrected chi connectivity index (χ3v) is 5.14. The van der Waals surface area contributed by atoms with Crippen LogP contribution in [0.3, 0.4) is 0 Å². The first-order valence-corrected chi connectivity index (χ1v) is 9.38. The fourth-order valence-electron chi connectivity index (χ4n) is 3.65. The highest BCUT2D eigenvalue weighted by Gasteiger charge is 2.24. The second kappa shape index (κ2) is 8.82. The van der Waals surface area contributed by atoms with Crippen molar-refractivity contribution >= 4 is 11.9 Å². The normalized spacial score (nSPS) is 19.6. The van der Waals surface area contributed by atoms with Crippen molar-refractivity contribution in [1.29, 1.82) is 0 Å². The molecule has 0 spiro atoms. The Balaban J connectivity index is 1.33. The summed E-state index contributed by atoms with van der Waals surface area (Å²) in [5, 5.41) is 10.2. The van der Waals surface area contributed by atoms with E-state index in [0.29, 0.717) is 32.1 Å². The molecule has 1 aliphatic heterocycles. The summed E-state index contributed by atoms with van der Waals surface area (Å²) in [6.45, 7) is 1.95. The molecule has 2 heterocycles. The first-order chi connectivity index (χ1) is 12.2. The SMILES string of the molecule is O=C(NC1CCCCC1)NC1CCN(C(=O)CCn2cncn2)CC1. The number of nitrogens with one attached hydrogen (secondary N) is 2. The monoisotopic (exact) mass is 348 g/mol. The molecule has 1 aromatic rings. The zero-order chi connectivity index (χ0) is 17.5. The van der Waals surface area contributed by atoms with Gasteiger partial charge in [0.05, 0.1) is 6.54 Å². The lowest BCUT2D eigenvalue weighted by Crippen LogP contribution is -2.51. The van der Waals surface area contributed by atoms with Crippen LogP contribution in [0.25, 0.3) is 0 Å². The van der Waals surface area contributed by atoms with Crippen LogP contribution in [0.2, 0.25) is 0 Å². The van der Waals surface area contributed by atoms with E-state index in [1.807, 2.05) is 4.90 Å². The topological polar surface area (TPSA) is 92.2 Å². The standard InChI is InChI=1S/C17H28N6O2/c24-16(8-11-23-13-18-12-19-23)22-9-6-15(7-10-22)21-17(25)20-14-4-2-1-3-5-14/h12-15H,1-11H2,(H2,20,21,25). The average Bonchev–Trinajstić information content (AvgIpc) is 3.14. The van der Waals surface area contributed by atoms with Crippen molar-refractivity contribution in [2.24, 2.45) is 0 Å². The summed E-state index contributed by atoms with van der Waals surface area (Å²) >= 11 is 0. The molecular formula is C17H28N6O2. The third-order valence-electron chi connectivity index (χ3n) is 5.14. The lowest BCUT2D eigenvalue weighted by molar-refractivity contribution is -0.132. The van der Waals surface area contributed by atoms with E-state index in [1.165, 1.54) is 25.6 Å². The Kier molecular flexibility index (Phi) is 6.25. The van der Waals surface area contributed by atoms with Gasteiger partial charge in [-0.25, -0.2) is 9.78 Å². The molecule has 1 saturated heterocycles. The van der Waals surface area contributed by atoms with Gasteiger partial charge in [-0.05, 0) is 25.7 Å². The van der Waals surface area contributed by atoms with Crippen molar-refractivity contribution in [3.63, 3.8) is 0 Å². The average molecular weight is 348 g/mol. The number of amides is 3. The van der Waals surface area contributed by atoms with Crippen LogP contribution in [-0.4, -0.2) is 56.8 Å². The maximum absolute atomic E-state index is 12.2. The van der Waals surface area contributed by atoms with E-state index in [2.05, 4.69) is 20.7 Å². The van der Waals surface area contributed by atoms with Gasteiger partial charge in [-0.2, -0.15) is 5.10 Å². The Morgan fingerprint density at radius 2 is 1.68 bits per heavy atom. The summed E-state index contributed by atoms with van der Waals surface area (Å²) in [5.41, 5.74) is 0. The largest absolute Gasteiger partial charge is 0.342 e. The number of rotatable bonds is 5. The second-order valence-electron chi connectivity index (χ2n) is 7.02. The maximum atomic E-state index is 12.2. The molecule has 1 aliphatic carbocycles. The minimum atomic E-state index is -0.0529. The van der Waals surface area contributed by atoms with Crippen LogP contribution in [-0.2, 0) is 11.3 Å². The second-order valence-corrected chi connectivity index (χ2v) is 7.02. The fraction of sp³-hybridized carbons (Fsp3) is 0.765. The molecule has 0 aromatic carbocycles. The summed E-state index contributed by atoms with van der Waals surface area (Å²) in [4.78, 5) is 30.1. The highest BCUT2D eigenvalue weighted by molar-refractivity contribution is 5.76. The van der Waals surface area contributed by atoms with Gasteiger partial charge >= 0.3 is 6.03 Å². The molecule has 8 nitrogen and oxygen atoms in total. The van der Waals surface area contributed by atoms with E-state index < -0.39 is 0 Å². The Labute approximate surface area is 148 Å².